The number of Topliss-reactive ketones (excluding diaryl/α,β-unsaturated/α-hetero) is 1. The maximum Gasteiger partial charge on any atom is 0.146 e. The number of carbonyl (C=O) groups excluding carboxylic acids is 1. The summed E-state index contributed by atoms with van der Waals surface area (Å²) in [5.74, 6) is 1.45. The first-order valence-electron chi connectivity index (χ1n) is 6.48. The lowest BCUT2D eigenvalue weighted by Gasteiger charge is -2.19. The Morgan fingerprint density at radius 1 is 1.18 bits per heavy atom. The third-order valence-electron chi connectivity index (χ3n) is 3.46. The highest BCUT2D eigenvalue weighted by Crippen LogP contribution is 2.27. The molecule has 17 heavy (non-hydrogen) atoms. The molecule has 1 fully saturated rings. The molecule has 0 aliphatic heterocycles. The van der Waals surface area contributed by atoms with E-state index in [1.807, 2.05) is 0 Å². The summed E-state index contributed by atoms with van der Waals surface area (Å²) in [6.07, 6.45) is 6.03. The van der Waals surface area contributed by atoms with Gasteiger partial charge in [0.2, 0.25) is 0 Å². The van der Waals surface area contributed by atoms with Gasteiger partial charge in [-0.25, -0.2) is 0 Å². The summed E-state index contributed by atoms with van der Waals surface area (Å²) >= 11 is 1.68. The second kappa shape index (κ2) is 6.25. The quantitative estimate of drug-likeness (QED) is 0.741. The van der Waals surface area contributed by atoms with E-state index in [2.05, 4.69) is 31.2 Å². The first-order valence-corrected chi connectivity index (χ1v) is 7.46. The van der Waals surface area contributed by atoms with Gasteiger partial charge in [-0.05, 0) is 31.9 Å². The molecule has 0 aromatic heterocycles. The highest BCUT2D eigenvalue weighted by molar-refractivity contribution is 8.00. The molecule has 1 saturated carbocycles. The third kappa shape index (κ3) is 3.88. The Morgan fingerprint density at radius 3 is 2.47 bits per heavy atom. The van der Waals surface area contributed by atoms with Crippen LogP contribution in [0.3, 0.4) is 0 Å². The van der Waals surface area contributed by atoms with Gasteiger partial charge in [0.05, 0.1) is 5.75 Å². The Morgan fingerprint density at radius 2 is 1.82 bits per heavy atom. The van der Waals surface area contributed by atoms with Crippen LogP contribution in [0.15, 0.2) is 29.2 Å². The lowest BCUT2D eigenvalue weighted by molar-refractivity contribution is -0.121. The summed E-state index contributed by atoms with van der Waals surface area (Å²) < 4.78 is 0. The average molecular weight is 248 g/mol. The second-order valence-electron chi connectivity index (χ2n) is 4.90. The van der Waals surface area contributed by atoms with Crippen LogP contribution in [0.25, 0.3) is 0 Å². The van der Waals surface area contributed by atoms with Crippen molar-refractivity contribution in [3.8, 4) is 0 Å². The van der Waals surface area contributed by atoms with Crippen LogP contribution in [0.4, 0.5) is 0 Å². The van der Waals surface area contributed by atoms with E-state index in [0.717, 1.165) is 12.8 Å². The SMILES string of the molecule is Cc1ccc(SCC(=O)C2CCCCC2)cc1. The van der Waals surface area contributed by atoms with Crippen LogP contribution in [0, 0.1) is 12.8 Å². The van der Waals surface area contributed by atoms with Gasteiger partial charge in [-0.15, -0.1) is 11.8 Å². The Bertz CT molecular complexity index is 363. The van der Waals surface area contributed by atoms with Crippen molar-refractivity contribution in [2.24, 2.45) is 5.92 Å². The van der Waals surface area contributed by atoms with Crippen molar-refractivity contribution in [3.05, 3.63) is 29.8 Å². The van der Waals surface area contributed by atoms with Crippen molar-refractivity contribution in [2.75, 3.05) is 5.75 Å². The molecule has 0 N–H and O–H groups in total. The van der Waals surface area contributed by atoms with E-state index in [-0.39, 0.29) is 0 Å². The zero-order chi connectivity index (χ0) is 12.1. The number of hydrogen-bond acceptors (Lipinski definition) is 2. The number of rotatable bonds is 4. The van der Waals surface area contributed by atoms with Gasteiger partial charge in [0.15, 0.2) is 0 Å². The summed E-state index contributed by atoms with van der Waals surface area (Å²) in [7, 11) is 0. The van der Waals surface area contributed by atoms with Gasteiger partial charge >= 0.3 is 0 Å². The van der Waals surface area contributed by atoms with Gasteiger partial charge in [-0.3, -0.25) is 4.79 Å². The topological polar surface area (TPSA) is 17.1 Å². The predicted octanol–water partition coefficient (Wildman–Crippen LogP) is 4.24. The minimum atomic E-state index is 0.349. The minimum absolute atomic E-state index is 0.349. The molecule has 0 atom stereocenters. The molecule has 1 aliphatic rings. The average Bonchev–Trinajstić information content (AvgIpc) is 2.39. The summed E-state index contributed by atoms with van der Waals surface area (Å²) in [4.78, 5) is 13.2. The molecule has 1 aliphatic carbocycles. The van der Waals surface area contributed by atoms with E-state index >= 15 is 0 Å². The van der Waals surface area contributed by atoms with E-state index < -0.39 is 0 Å². The number of aryl methyl sites for hydroxylation is 1. The fraction of sp³-hybridized carbons (Fsp3) is 0.533. The Hall–Kier alpha value is -0.760. The van der Waals surface area contributed by atoms with Crippen molar-refractivity contribution < 1.29 is 4.79 Å². The molecular formula is C15H20OS. The van der Waals surface area contributed by atoms with Crippen LogP contribution < -0.4 is 0 Å². The Balaban J connectivity index is 1.81. The number of thioether (sulfide) groups is 1. The van der Waals surface area contributed by atoms with Crippen molar-refractivity contribution in [3.63, 3.8) is 0 Å². The van der Waals surface area contributed by atoms with Gasteiger partial charge in [0, 0.05) is 10.8 Å². The van der Waals surface area contributed by atoms with E-state index in [1.54, 1.807) is 11.8 Å². The van der Waals surface area contributed by atoms with Crippen LogP contribution in [-0.4, -0.2) is 11.5 Å². The van der Waals surface area contributed by atoms with Crippen LogP contribution in [0.5, 0.6) is 0 Å². The van der Waals surface area contributed by atoms with Gasteiger partial charge in [-0.1, -0.05) is 37.0 Å². The Labute approximate surface area is 108 Å². The molecule has 0 unspecified atom stereocenters. The Kier molecular flexibility index (Phi) is 4.66. The monoisotopic (exact) mass is 248 g/mol. The second-order valence-corrected chi connectivity index (χ2v) is 5.95. The first kappa shape index (κ1) is 12.7. The molecule has 2 rings (SSSR count). The summed E-state index contributed by atoms with van der Waals surface area (Å²) in [6.45, 7) is 2.08. The van der Waals surface area contributed by atoms with Crippen molar-refractivity contribution in [1.82, 2.24) is 0 Å². The predicted molar refractivity (Wildman–Crippen MR) is 73.5 cm³/mol. The molecule has 1 aromatic rings. The van der Waals surface area contributed by atoms with E-state index in [0.29, 0.717) is 17.5 Å². The highest BCUT2D eigenvalue weighted by atomic mass is 32.2. The molecule has 0 amide bonds. The summed E-state index contributed by atoms with van der Waals surface area (Å²) in [5.41, 5.74) is 1.27. The van der Waals surface area contributed by atoms with Gasteiger partial charge in [0.25, 0.3) is 0 Å². The minimum Gasteiger partial charge on any atom is -0.298 e. The van der Waals surface area contributed by atoms with Crippen molar-refractivity contribution >= 4 is 17.5 Å². The van der Waals surface area contributed by atoms with E-state index in [9.17, 15) is 4.79 Å². The standard InChI is InChI=1S/C15H20OS/c1-12-7-9-14(10-8-12)17-11-15(16)13-5-3-2-4-6-13/h7-10,13H,2-6,11H2,1H3. The van der Waals surface area contributed by atoms with E-state index in [4.69, 9.17) is 0 Å². The number of ketones is 1. The molecule has 2 heteroatoms. The zero-order valence-corrected chi connectivity index (χ0v) is 11.3. The smallest absolute Gasteiger partial charge is 0.146 e. The molecule has 1 nitrogen and oxygen atoms in total. The lowest BCUT2D eigenvalue weighted by Crippen LogP contribution is -2.19. The van der Waals surface area contributed by atoms with Gasteiger partial charge < -0.3 is 0 Å². The molecule has 92 valence electrons. The maximum atomic E-state index is 12.0. The molecule has 0 spiro atoms. The largest absolute Gasteiger partial charge is 0.298 e. The number of carbonyl (C=O) groups is 1. The fourth-order valence-corrected chi connectivity index (χ4v) is 3.20. The van der Waals surface area contributed by atoms with Crippen LogP contribution in [-0.2, 0) is 4.79 Å². The van der Waals surface area contributed by atoms with Crippen molar-refractivity contribution in [1.29, 1.82) is 0 Å². The highest BCUT2D eigenvalue weighted by Gasteiger charge is 2.20. The van der Waals surface area contributed by atoms with Gasteiger partial charge in [0.1, 0.15) is 5.78 Å². The van der Waals surface area contributed by atoms with Crippen LogP contribution in [0.1, 0.15) is 37.7 Å². The number of benzene rings is 1. The third-order valence-corrected chi connectivity index (χ3v) is 4.50. The maximum absolute atomic E-state index is 12.0. The first-order chi connectivity index (χ1) is 8.25. The summed E-state index contributed by atoms with van der Waals surface area (Å²) in [5, 5.41) is 0. The van der Waals surface area contributed by atoms with Crippen LogP contribution in [0.2, 0.25) is 0 Å². The molecule has 0 heterocycles. The molecule has 0 saturated heterocycles. The van der Waals surface area contributed by atoms with Gasteiger partial charge in [-0.2, -0.15) is 0 Å². The molecule has 1 aromatic carbocycles. The fourth-order valence-electron chi connectivity index (χ4n) is 2.33. The molecule has 0 radical (unpaired) electrons. The summed E-state index contributed by atoms with van der Waals surface area (Å²) in [6, 6.07) is 8.42. The lowest BCUT2D eigenvalue weighted by atomic mass is 9.87. The molecule has 0 bridgehead atoms. The normalized spacial score (nSPS) is 17.0. The molecular weight excluding hydrogens is 228 g/mol. The zero-order valence-electron chi connectivity index (χ0n) is 10.4. The van der Waals surface area contributed by atoms with E-state index in [1.165, 1.54) is 29.7 Å². The van der Waals surface area contributed by atoms with Crippen molar-refractivity contribution in [2.45, 2.75) is 43.9 Å². The van der Waals surface area contributed by atoms with Crippen LogP contribution >= 0.6 is 11.8 Å². The number of hydrogen-bond donors (Lipinski definition) is 0.